The standard InChI is InChI=1S/C21H30N4O3/c1-3-4-12-17(18(26)15-27-2)24-20-19(14-23-21(22)25-20)28-13-8-11-16-9-6-5-7-10-16/h5-7,9-10,14,17H,3-4,8,11-13,15H2,1-2H3,(H3,22,23,24,25). The number of nitrogens with one attached hydrogen (secondary N) is 1. The Morgan fingerprint density at radius 3 is 2.75 bits per heavy atom. The number of unbranched alkanes of at least 4 members (excludes halogenated alkanes) is 1. The van der Waals surface area contributed by atoms with E-state index in [1.165, 1.54) is 12.7 Å². The van der Waals surface area contributed by atoms with E-state index in [4.69, 9.17) is 15.2 Å². The molecule has 3 N–H and O–H groups in total. The molecule has 1 atom stereocenters. The first kappa shape index (κ1) is 21.6. The first-order valence-electron chi connectivity index (χ1n) is 9.71. The van der Waals surface area contributed by atoms with Crippen LogP contribution in [0, 0.1) is 0 Å². The first-order chi connectivity index (χ1) is 13.6. The van der Waals surface area contributed by atoms with Gasteiger partial charge in [0, 0.05) is 7.11 Å². The molecule has 0 aliphatic rings. The Labute approximate surface area is 166 Å². The summed E-state index contributed by atoms with van der Waals surface area (Å²) in [5, 5.41) is 3.18. The SMILES string of the molecule is CCCCC(Nc1nc(N)ncc1OCCCc1ccccc1)C(=O)COC. The molecule has 2 aromatic rings. The van der Waals surface area contributed by atoms with Gasteiger partial charge in [0.1, 0.15) is 6.61 Å². The highest BCUT2D eigenvalue weighted by Gasteiger charge is 2.20. The van der Waals surface area contributed by atoms with Gasteiger partial charge in [0.2, 0.25) is 5.95 Å². The van der Waals surface area contributed by atoms with Gasteiger partial charge in [-0.25, -0.2) is 4.98 Å². The Hall–Kier alpha value is -2.67. The van der Waals surface area contributed by atoms with Crippen molar-refractivity contribution in [1.29, 1.82) is 0 Å². The van der Waals surface area contributed by atoms with E-state index in [0.717, 1.165) is 25.7 Å². The molecule has 0 fully saturated rings. The molecule has 7 nitrogen and oxygen atoms in total. The van der Waals surface area contributed by atoms with Crippen molar-refractivity contribution in [1.82, 2.24) is 9.97 Å². The van der Waals surface area contributed by atoms with Crippen molar-refractivity contribution in [3.05, 3.63) is 42.1 Å². The number of carbonyl (C=O) groups is 1. The average molecular weight is 386 g/mol. The fraction of sp³-hybridized carbons (Fsp3) is 0.476. The topological polar surface area (TPSA) is 99.4 Å². The van der Waals surface area contributed by atoms with E-state index in [1.807, 2.05) is 18.2 Å². The summed E-state index contributed by atoms with van der Waals surface area (Å²) in [5.41, 5.74) is 7.01. The van der Waals surface area contributed by atoms with Crippen LogP contribution >= 0.6 is 0 Å². The maximum absolute atomic E-state index is 12.4. The van der Waals surface area contributed by atoms with Crippen LogP contribution in [-0.2, 0) is 16.0 Å². The summed E-state index contributed by atoms with van der Waals surface area (Å²) in [6.07, 6.45) is 5.93. The zero-order valence-corrected chi connectivity index (χ0v) is 16.7. The second-order valence-electron chi connectivity index (χ2n) is 6.62. The molecule has 0 aliphatic carbocycles. The number of nitrogen functional groups attached to an aromatic ring is 1. The highest BCUT2D eigenvalue weighted by Crippen LogP contribution is 2.24. The fourth-order valence-electron chi connectivity index (χ4n) is 2.83. The number of nitrogens with zero attached hydrogens (tertiary/aromatic N) is 2. The lowest BCUT2D eigenvalue weighted by atomic mass is 10.1. The summed E-state index contributed by atoms with van der Waals surface area (Å²) < 4.78 is 10.9. The van der Waals surface area contributed by atoms with Crippen LogP contribution in [0.15, 0.2) is 36.5 Å². The Balaban J connectivity index is 1.99. The van der Waals surface area contributed by atoms with Gasteiger partial charge in [-0.3, -0.25) is 4.79 Å². The Morgan fingerprint density at radius 2 is 2.04 bits per heavy atom. The van der Waals surface area contributed by atoms with Gasteiger partial charge in [-0.05, 0) is 24.8 Å². The number of ketones is 1. The molecule has 0 aliphatic heterocycles. The van der Waals surface area contributed by atoms with Crippen LogP contribution in [0.4, 0.5) is 11.8 Å². The number of carbonyl (C=O) groups excluding carboxylic acids is 1. The molecule has 1 aromatic carbocycles. The van der Waals surface area contributed by atoms with E-state index in [-0.39, 0.29) is 18.3 Å². The van der Waals surface area contributed by atoms with Gasteiger partial charge in [-0.2, -0.15) is 4.98 Å². The normalized spacial score (nSPS) is 11.8. The van der Waals surface area contributed by atoms with E-state index in [0.29, 0.717) is 24.6 Å². The lowest BCUT2D eigenvalue weighted by Crippen LogP contribution is -2.33. The van der Waals surface area contributed by atoms with Crippen LogP contribution in [0.5, 0.6) is 5.75 Å². The smallest absolute Gasteiger partial charge is 0.222 e. The fourth-order valence-corrected chi connectivity index (χ4v) is 2.83. The van der Waals surface area contributed by atoms with Crippen LogP contribution in [0.2, 0.25) is 0 Å². The number of Topliss-reactive ketones (excluding diaryl/α,β-unsaturated/α-hetero) is 1. The van der Waals surface area contributed by atoms with Crippen LogP contribution in [0.25, 0.3) is 0 Å². The molecule has 0 radical (unpaired) electrons. The Kier molecular flexibility index (Phi) is 9.21. The highest BCUT2D eigenvalue weighted by molar-refractivity contribution is 5.87. The summed E-state index contributed by atoms with van der Waals surface area (Å²) >= 11 is 0. The van der Waals surface area contributed by atoms with Crippen molar-refractivity contribution < 1.29 is 14.3 Å². The van der Waals surface area contributed by atoms with Crippen molar-refractivity contribution >= 4 is 17.5 Å². The third kappa shape index (κ3) is 7.15. The number of hydrogen-bond donors (Lipinski definition) is 2. The third-order valence-corrected chi connectivity index (χ3v) is 4.32. The number of hydrogen-bond acceptors (Lipinski definition) is 7. The Bertz CT molecular complexity index is 725. The first-order valence-corrected chi connectivity index (χ1v) is 9.71. The van der Waals surface area contributed by atoms with Gasteiger partial charge in [-0.1, -0.05) is 50.1 Å². The summed E-state index contributed by atoms with van der Waals surface area (Å²) in [7, 11) is 1.51. The molecule has 0 saturated carbocycles. The zero-order valence-electron chi connectivity index (χ0n) is 16.7. The third-order valence-electron chi connectivity index (χ3n) is 4.32. The number of aryl methyl sites for hydroxylation is 1. The van der Waals surface area contributed by atoms with Crippen molar-refractivity contribution in [3.63, 3.8) is 0 Å². The highest BCUT2D eigenvalue weighted by atomic mass is 16.5. The van der Waals surface area contributed by atoms with Gasteiger partial charge in [0.15, 0.2) is 17.4 Å². The van der Waals surface area contributed by atoms with Gasteiger partial charge < -0.3 is 20.5 Å². The minimum atomic E-state index is -0.402. The lowest BCUT2D eigenvalue weighted by Gasteiger charge is -2.19. The quantitative estimate of drug-likeness (QED) is 0.510. The maximum atomic E-state index is 12.4. The second-order valence-corrected chi connectivity index (χ2v) is 6.62. The minimum Gasteiger partial charge on any atom is -0.488 e. The van der Waals surface area contributed by atoms with E-state index < -0.39 is 6.04 Å². The average Bonchev–Trinajstić information content (AvgIpc) is 2.70. The summed E-state index contributed by atoms with van der Waals surface area (Å²) in [4.78, 5) is 20.6. The van der Waals surface area contributed by atoms with E-state index in [1.54, 1.807) is 6.20 Å². The molecular weight excluding hydrogens is 356 g/mol. The summed E-state index contributed by atoms with van der Waals surface area (Å²) in [5.74, 6) is 1.04. The molecular formula is C21H30N4O3. The maximum Gasteiger partial charge on any atom is 0.222 e. The van der Waals surface area contributed by atoms with Crippen LogP contribution in [0.3, 0.4) is 0 Å². The predicted molar refractivity (Wildman–Crippen MR) is 111 cm³/mol. The lowest BCUT2D eigenvalue weighted by molar-refractivity contribution is -0.123. The number of anilines is 2. The number of aromatic nitrogens is 2. The molecule has 28 heavy (non-hydrogen) atoms. The number of rotatable bonds is 13. The minimum absolute atomic E-state index is 0.0249. The molecule has 2 rings (SSSR count). The number of benzene rings is 1. The summed E-state index contributed by atoms with van der Waals surface area (Å²) in [6, 6.07) is 9.85. The largest absolute Gasteiger partial charge is 0.488 e. The molecule has 1 unspecified atom stereocenters. The molecule has 152 valence electrons. The molecule has 0 amide bonds. The number of methoxy groups -OCH3 is 1. The zero-order chi connectivity index (χ0) is 20.2. The molecule has 7 heteroatoms. The summed E-state index contributed by atoms with van der Waals surface area (Å²) in [6.45, 7) is 2.65. The van der Waals surface area contributed by atoms with Crippen molar-refractivity contribution in [3.8, 4) is 5.75 Å². The van der Waals surface area contributed by atoms with Crippen molar-refractivity contribution in [2.45, 2.75) is 45.1 Å². The number of ether oxygens (including phenoxy) is 2. The van der Waals surface area contributed by atoms with Crippen molar-refractivity contribution in [2.24, 2.45) is 0 Å². The van der Waals surface area contributed by atoms with Gasteiger partial charge in [0.05, 0.1) is 18.8 Å². The monoisotopic (exact) mass is 386 g/mol. The van der Waals surface area contributed by atoms with Gasteiger partial charge >= 0.3 is 0 Å². The van der Waals surface area contributed by atoms with Gasteiger partial charge in [0.25, 0.3) is 0 Å². The molecule has 0 bridgehead atoms. The number of nitrogens with two attached hydrogens (primary N) is 1. The van der Waals surface area contributed by atoms with Crippen LogP contribution in [-0.4, -0.2) is 42.1 Å². The second kappa shape index (κ2) is 11.9. The van der Waals surface area contributed by atoms with Crippen LogP contribution < -0.4 is 15.8 Å². The van der Waals surface area contributed by atoms with Crippen molar-refractivity contribution in [2.75, 3.05) is 31.4 Å². The predicted octanol–water partition coefficient (Wildman–Crippen LogP) is 3.26. The molecule has 0 saturated heterocycles. The molecule has 0 spiro atoms. The van der Waals surface area contributed by atoms with E-state index in [2.05, 4.69) is 34.3 Å². The van der Waals surface area contributed by atoms with E-state index in [9.17, 15) is 4.79 Å². The molecule has 1 aromatic heterocycles. The van der Waals surface area contributed by atoms with Crippen LogP contribution in [0.1, 0.15) is 38.2 Å². The Morgan fingerprint density at radius 1 is 1.25 bits per heavy atom. The van der Waals surface area contributed by atoms with Gasteiger partial charge in [-0.15, -0.1) is 0 Å². The van der Waals surface area contributed by atoms with E-state index >= 15 is 0 Å². The molecule has 1 heterocycles.